The van der Waals surface area contributed by atoms with E-state index in [1.165, 1.54) is 0 Å². The van der Waals surface area contributed by atoms with E-state index < -0.39 is 0 Å². The van der Waals surface area contributed by atoms with Crippen molar-refractivity contribution in [2.75, 3.05) is 19.8 Å². The molecule has 5 heteroatoms. The highest BCUT2D eigenvalue weighted by atomic mass is 16.5. The molecule has 1 N–H and O–H groups in total. The Kier molecular flexibility index (Phi) is 6.72. The summed E-state index contributed by atoms with van der Waals surface area (Å²) in [6.45, 7) is 5.67. The lowest BCUT2D eigenvalue weighted by atomic mass is 9.93. The smallest absolute Gasteiger partial charge is 0.306 e. The Morgan fingerprint density at radius 1 is 1.33 bits per heavy atom. The molecule has 1 saturated heterocycles. The van der Waals surface area contributed by atoms with Gasteiger partial charge in [-0.05, 0) is 32.6 Å². The largest absolute Gasteiger partial charge is 0.466 e. The fraction of sp³-hybridized carbons (Fsp3) is 0.846. The summed E-state index contributed by atoms with van der Waals surface area (Å²) in [6, 6.07) is 0.142. The first-order valence-corrected chi connectivity index (χ1v) is 6.66. The van der Waals surface area contributed by atoms with Crippen molar-refractivity contribution in [2.45, 2.75) is 45.6 Å². The van der Waals surface area contributed by atoms with Crippen LogP contribution in [-0.2, 0) is 19.1 Å². The minimum atomic E-state index is -0.314. The van der Waals surface area contributed by atoms with Crippen molar-refractivity contribution < 1.29 is 19.1 Å². The van der Waals surface area contributed by atoms with Gasteiger partial charge in [0, 0.05) is 25.7 Å². The number of hydrogen-bond donors (Lipinski definition) is 1. The van der Waals surface area contributed by atoms with Gasteiger partial charge in [-0.1, -0.05) is 0 Å². The predicted molar refractivity (Wildman–Crippen MR) is 67.0 cm³/mol. The maximum absolute atomic E-state index is 11.7. The Balaban J connectivity index is 2.20. The van der Waals surface area contributed by atoms with E-state index in [0.29, 0.717) is 12.5 Å². The normalized spacial score (nSPS) is 18.1. The molecule has 1 amide bonds. The minimum Gasteiger partial charge on any atom is -0.466 e. The van der Waals surface area contributed by atoms with Gasteiger partial charge in [-0.25, -0.2) is 0 Å². The van der Waals surface area contributed by atoms with E-state index in [-0.39, 0.29) is 30.8 Å². The number of carbonyl (C=O) groups is 2. The molecule has 0 aromatic heterocycles. The summed E-state index contributed by atoms with van der Waals surface area (Å²) in [5.74, 6) is 0.0821. The molecule has 0 radical (unpaired) electrons. The third kappa shape index (κ3) is 5.49. The summed E-state index contributed by atoms with van der Waals surface area (Å²) in [5.41, 5.74) is 0. The molecule has 1 heterocycles. The molecule has 1 fully saturated rings. The van der Waals surface area contributed by atoms with Crippen molar-refractivity contribution in [3.8, 4) is 0 Å². The zero-order chi connectivity index (χ0) is 13.4. The molecule has 0 aromatic rings. The van der Waals surface area contributed by atoms with Crippen LogP contribution in [0.25, 0.3) is 0 Å². The highest BCUT2D eigenvalue weighted by Crippen LogP contribution is 2.18. The number of nitrogens with one attached hydrogen (secondary N) is 1. The molecule has 18 heavy (non-hydrogen) atoms. The summed E-state index contributed by atoms with van der Waals surface area (Å²) >= 11 is 0. The van der Waals surface area contributed by atoms with Crippen molar-refractivity contribution in [1.29, 1.82) is 0 Å². The monoisotopic (exact) mass is 257 g/mol. The van der Waals surface area contributed by atoms with Crippen LogP contribution in [0.1, 0.15) is 39.5 Å². The number of rotatable bonds is 6. The number of hydrogen-bond acceptors (Lipinski definition) is 4. The van der Waals surface area contributed by atoms with Gasteiger partial charge < -0.3 is 14.8 Å². The summed E-state index contributed by atoms with van der Waals surface area (Å²) in [6.07, 6.45) is 2.32. The molecule has 5 nitrogen and oxygen atoms in total. The van der Waals surface area contributed by atoms with E-state index in [1.807, 2.05) is 6.92 Å². The third-order valence-electron chi connectivity index (χ3n) is 3.22. The van der Waals surface area contributed by atoms with E-state index in [4.69, 9.17) is 9.47 Å². The maximum atomic E-state index is 11.7. The number of ether oxygens (including phenoxy) is 2. The molecule has 1 rings (SSSR count). The van der Waals surface area contributed by atoms with Crippen LogP contribution >= 0.6 is 0 Å². The number of carbonyl (C=O) groups excluding carboxylic acids is 2. The lowest BCUT2D eigenvalue weighted by Gasteiger charge is -2.28. The molecule has 104 valence electrons. The van der Waals surface area contributed by atoms with E-state index in [0.717, 1.165) is 26.1 Å². The third-order valence-corrected chi connectivity index (χ3v) is 3.22. The molecular formula is C13H23NO4. The fourth-order valence-electron chi connectivity index (χ4n) is 2.11. The molecule has 0 spiro atoms. The van der Waals surface area contributed by atoms with Gasteiger partial charge in [0.25, 0.3) is 0 Å². The Hall–Kier alpha value is -1.10. The molecule has 0 saturated carbocycles. The second kappa shape index (κ2) is 8.08. The average molecular weight is 257 g/mol. The van der Waals surface area contributed by atoms with Crippen molar-refractivity contribution in [3.05, 3.63) is 0 Å². The SMILES string of the molecule is CCOC(=O)CCC(=O)NC(C)C1CCOCC1. The van der Waals surface area contributed by atoms with Crippen molar-refractivity contribution in [1.82, 2.24) is 5.32 Å². The first kappa shape index (κ1) is 15.0. The Labute approximate surface area is 108 Å². The standard InChI is InChI=1S/C13H23NO4/c1-3-18-13(16)5-4-12(15)14-10(2)11-6-8-17-9-7-11/h10-11H,3-9H2,1-2H3,(H,14,15). The highest BCUT2D eigenvalue weighted by molar-refractivity contribution is 5.81. The van der Waals surface area contributed by atoms with Gasteiger partial charge in [0.05, 0.1) is 13.0 Å². The summed E-state index contributed by atoms with van der Waals surface area (Å²) in [5, 5.41) is 2.94. The summed E-state index contributed by atoms with van der Waals surface area (Å²) in [4.78, 5) is 22.8. The minimum absolute atomic E-state index is 0.0814. The van der Waals surface area contributed by atoms with Crippen molar-refractivity contribution in [2.24, 2.45) is 5.92 Å². The van der Waals surface area contributed by atoms with Gasteiger partial charge in [0.1, 0.15) is 0 Å². The Morgan fingerprint density at radius 2 is 2.00 bits per heavy atom. The summed E-state index contributed by atoms with van der Waals surface area (Å²) in [7, 11) is 0. The van der Waals surface area contributed by atoms with Crippen LogP contribution in [-0.4, -0.2) is 37.7 Å². The molecule has 1 atom stereocenters. The quantitative estimate of drug-likeness (QED) is 0.728. The van der Waals surface area contributed by atoms with Crippen LogP contribution in [0.15, 0.2) is 0 Å². The zero-order valence-electron chi connectivity index (χ0n) is 11.2. The van der Waals surface area contributed by atoms with Gasteiger partial charge in [0.15, 0.2) is 0 Å². The second-order valence-corrected chi connectivity index (χ2v) is 4.61. The van der Waals surface area contributed by atoms with Crippen molar-refractivity contribution in [3.63, 3.8) is 0 Å². The molecule has 0 aliphatic carbocycles. The van der Waals surface area contributed by atoms with E-state index >= 15 is 0 Å². The first-order chi connectivity index (χ1) is 8.63. The van der Waals surface area contributed by atoms with Crippen LogP contribution in [0, 0.1) is 5.92 Å². The second-order valence-electron chi connectivity index (χ2n) is 4.61. The Morgan fingerprint density at radius 3 is 2.61 bits per heavy atom. The van der Waals surface area contributed by atoms with Gasteiger partial charge >= 0.3 is 5.97 Å². The number of esters is 1. The van der Waals surface area contributed by atoms with Gasteiger partial charge in [-0.3, -0.25) is 9.59 Å². The molecule has 1 unspecified atom stereocenters. The Bertz CT molecular complexity index is 274. The van der Waals surface area contributed by atoms with Crippen LogP contribution in [0.5, 0.6) is 0 Å². The van der Waals surface area contributed by atoms with Gasteiger partial charge in [0.2, 0.25) is 5.91 Å². The fourth-order valence-corrected chi connectivity index (χ4v) is 2.11. The van der Waals surface area contributed by atoms with Gasteiger partial charge in [-0.15, -0.1) is 0 Å². The first-order valence-electron chi connectivity index (χ1n) is 6.66. The lowest BCUT2D eigenvalue weighted by molar-refractivity contribution is -0.144. The maximum Gasteiger partial charge on any atom is 0.306 e. The van der Waals surface area contributed by atoms with Crippen LogP contribution < -0.4 is 5.32 Å². The molecule has 0 aromatic carbocycles. The molecule has 1 aliphatic heterocycles. The van der Waals surface area contributed by atoms with Crippen LogP contribution in [0.3, 0.4) is 0 Å². The summed E-state index contributed by atoms with van der Waals surface area (Å²) < 4.78 is 10.1. The molecule has 0 bridgehead atoms. The van der Waals surface area contributed by atoms with Crippen LogP contribution in [0.4, 0.5) is 0 Å². The van der Waals surface area contributed by atoms with E-state index in [1.54, 1.807) is 6.92 Å². The molecular weight excluding hydrogens is 234 g/mol. The van der Waals surface area contributed by atoms with E-state index in [9.17, 15) is 9.59 Å². The van der Waals surface area contributed by atoms with E-state index in [2.05, 4.69) is 5.32 Å². The predicted octanol–water partition coefficient (Wildman–Crippen LogP) is 1.26. The average Bonchev–Trinajstić information content (AvgIpc) is 2.38. The number of amides is 1. The highest BCUT2D eigenvalue weighted by Gasteiger charge is 2.21. The van der Waals surface area contributed by atoms with Crippen LogP contribution in [0.2, 0.25) is 0 Å². The topological polar surface area (TPSA) is 64.6 Å². The van der Waals surface area contributed by atoms with Gasteiger partial charge in [-0.2, -0.15) is 0 Å². The van der Waals surface area contributed by atoms with Crippen molar-refractivity contribution >= 4 is 11.9 Å². The molecule has 1 aliphatic rings. The lowest BCUT2D eigenvalue weighted by Crippen LogP contribution is -2.40. The zero-order valence-corrected chi connectivity index (χ0v) is 11.2.